The zero-order valence-corrected chi connectivity index (χ0v) is 14.8. The number of nitrogens with zero attached hydrogens (tertiary/aromatic N) is 3. The zero-order chi connectivity index (χ0) is 18.1. The van der Waals surface area contributed by atoms with Gasteiger partial charge in [-0.1, -0.05) is 0 Å². The van der Waals surface area contributed by atoms with Gasteiger partial charge in [-0.25, -0.2) is 9.38 Å². The molecule has 1 aromatic rings. The Kier molecular flexibility index (Phi) is 7.59. The minimum absolute atomic E-state index is 0.0765. The van der Waals surface area contributed by atoms with E-state index >= 15 is 0 Å². The molecule has 0 saturated carbocycles. The van der Waals surface area contributed by atoms with Gasteiger partial charge in [-0.05, 0) is 31.4 Å². The topological polar surface area (TPSA) is 78.9 Å². The first kappa shape index (κ1) is 19.1. The number of ether oxygens (including phenoxy) is 1. The lowest BCUT2D eigenvalue weighted by molar-refractivity contribution is -0.127. The second-order valence-corrected chi connectivity index (χ2v) is 6.11. The highest BCUT2D eigenvalue weighted by Crippen LogP contribution is 2.11. The summed E-state index contributed by atoms with van der Waals surface area (Å²) in [7, 11) is 3.38. The third kappa shape index (κ3) is 6.66. The summed E-state index contributed by atoms with van der Waals surface area (Å²) in [5, 5.41) is 6.14. The first-order valence-electron chi connectivity index (χ1n) is 8.49. The predicted molar refractivity (Wildman–Crippen MR) is 93.6 cm³/mol. The number of hydrogen-bond donors (Lipinski definition) is 2. The maximum atomic E-state index is 13.7. The second kappa shape index (κ2) is 9.93. The molecule has 1 amide bonds. The fraction of sp³-hybridized carbons (Fsp3) is 0.588. The summed E-state index contributed by atoms with van der Waals surface area (Å²) < 4.78 is 19.4. The Hall–Kier alpha value is -2.22. The Labute approximate surface area is 147 Å². The van der Waals surface area contributed by atoms with E-state index in [0.29, 0.717) is 12.5 Å². The van der Waals surface area contributed by atoms with Gasteiger partial charge in [0, 0.05) is 33.4 Å². The van der Waals surface area contributed by atoms with E-state index in [9.17, 15) is 9.18 Å². The minimum atomic E-state index is -0.398. The molecular weight excluding hydrogens is 325 g/mol. The van der Waals surface area contributed by atoms with Gasteiger partial charge in [0.15, 0.2) is 5.96 Å². The van der Waals surface area contributed by atoms with Crippen LogP contribution < -0.4 is 10.6 Å². The van der Waals surface area contributed by atoms with Gasteiger partial charge in [-0.2, -0.15) is 0 Å². The molecular formula is C17H26FN5O2. The maximum Gasteiger partial charge on any atom is 0.241 e. The lowest BCUT2D eigenvalue weighted by Gasteiger charge is -2.24. The van der Waals surface area contributed by atoms with Gasteiger partial charge in [0.05, 0.1) is 24.9 Å². The molecule has 1 aromatic heterocycles. The third-order valence-corrected chi connectivity index (χ3v) is 3.90. The number of aliphatic imine (C=N–C) groups is 1. The van der Waals surface area contributed by atoms with Crippen LogP contribution in [0.1, 0.15) is 25.0 Å². The van der Waals surface area contributed by atoms with Crippen molar-refractivity contribution in [1.29, 1.82) is 0 Å². The molecule has 1 atom stereocenters. The monoisotopic (exact) mass is 351 g/mol. The molecule has 0 spiro atoms. The average Bonchev–Trinajstić information content (AvgIpc) is 2.62. The smallest absolute Gasteiger partial charge is 0.241 e. The third-order valence-electron chi connectivity index (χ3n) is 3.90. The summed E-state index contributed by atoms with van der Waals surface area (Å²) in [4.78, 5) is 21.6. The molecule has 0 aliphatic carbocycles. The fourth-order valence-corrected chi connectivity index (χ4v) is 2.36. The lowest BCUT2D eigenvalue weighted by Crippen LogP contribution is -2.45. The van der Waals surface area contributed by atoms with Crippen LogP contribution >= 0.6 is 0 Å². The highest BCUT2D eigenvalue weighted by atomic mass is 19.1. The van der Waals surface area contributed by atoms with Crippen molar-refractivity contribution in [2.45, 2.75) is 31.9 Å². The average molecular weight is 351 g/mol. The van der Waals surface area contributed by atoms with E-state index in [0.717, 1.165) is 25.9 Å². The number of rotatable bonds is 6. The summed E-state index contributed by atoms with van der Waals surface area (Å²) >= 11 is 0. The Bertz CT molecular complexity index is 588. The Morgan fingerprint density at radius 2 is 2.28 bits per heavy atom. The van der Waals surface area contributed by atoms with E-state index < -0.39 is 5.82 Å². The molecule has 7 nitrogen and oxygen atoms in total. The SMILES string of the molecule is CN(C)C(=O)CNC(=NCc1ncccc1F)NCC1CCCCO1. The molecule has 0 aromatic carbocycles. The van der Waals surface area contributed by atoms with E-state index in [4.69, 9.17) is 4.74 Å². The molecule has 1 aliphatic heterocycles. The molecule has 1 saturated heterocycles. The van der Waals surface area contributed by atoms with Crippen LogP contribution in [0, 0.1) is 5.82 Å². The first-order valence-corrected chi connectivity index (χ1v) is 8.49. The lowest BCUT2D eigenvalue weighted by atomic mass is 10.1. The standard InChI is InChI=1S/C17H26FN5O2/c1-23(2)16(24)12-22-17(20-10-13-6-3-4-9-25-13)21-11-15-14(18)7-5-8-19-15/h5,7-8,13H,3-4,6,9-12H2,1-2H3,(H2,20,21,22). The number of halogens is 1. The number of aromatic nitrogens is 1. The van der Waals surface area contributed by atoms with Gasteiger partial charge in [0.25, 0.3) is 0 Å². The number of amides is 1. The van der Waals surface area contributed by atoms with Crippen molar-refractivity contribution in [2.75, 3.05) is 33.8 Å². The van der Waals surface area contributed by atoms with E-state index in [2.05, 4.69) is 20.6 Å². The molecule has 2 heterocycles. The van der Waals surface area contributed by atoms with Crippen molar-refractivity contribution >= 4 is 11.9 Å². The number of likely N-dealkylation sites (N-methyl/N-ethyl adjacent to an activating group) is 1. The summed E-state index contributed by atoms with van der Waals surface area (Å²) in [6.45, 7) is 1.55. The van der Waals surface area contributed by atoms with Crippen molar-refractivity contribution in [3.8, 4) is 0 Å². The minimum Gasteiger partial charge on any atom is -0.376 e. The van der Waals surface area contributed by atoms with Crippen molar-refractivity contribution < 1.29 is 13.9 Å². The van der Waals surface area contributed by atoms with Gasteiger partial charge in [-0.15, -0.1) is 0 Å². The van der Waals surface area contributed by atoms with Gasteiger partial charge in [-0.3, -0.25) is 9.78 Å². The first-order chi connectivity index (χ1) is 12.1. The van der Waals surface area contributed by atoms with Crippen LogP contribution in [-0.2, 0) is 16.1 Å². The number of carbonyl (C=O) groups is 1. The van der Waals surface area contributed by atoms with Crippen molar-refractivity contribution in [3.63, 3.8) is 0 Å². The van der Waals surface area contributed by atoms with Crippen molar-refractivity contribution in [1.82, 2.24) is 20.5 Å². The molecule has 0 radical (unpaired) electrons. The number of nitrogens with one attached hydrogen (secondary N) is 2. The summed E-state index contributed by atoms with van der Waals surface area (Å²) in [5.74, 6) is -0.0348. The van der Waals surface area contributed by atoms with E-state index in [1.165, 1.54) is 23.2 Å². The van der Waals surface area contributed by atoms with Crippen molar-refractivity contribution in [3.05, 3.63) is 29.8 Å². The fourth-order valence-electron chi connectivity index (χ4n) is 2.36. The summed E-state index contributed by atoms with van der Waals surface area (Å²) in [6.07, 6.45) is 4.87. The summed E-state index contributed by atoms with van der Waals surface area (Å²) in [6, 6.07) is 2.89. The van der Waals surface area contributed by atoms with E-state index in [-0.39, 0.29) is 30.8 Å². The molecule has 0 bridgehead atoms. The summed E-state index contributed by atoms with van der Waals surface area (Å²) in [5.41, 5.74) is 0.261. The van der Waals surface area contributed by atoms with Crippen LogP contribution in [0.4, 0.5) is 4.39 Å². The van der Waals surface area contributed by atoms with Gasteiger partial charge in [0.2, 0.25) is 5.91 Å². The molecule has 1 fully saturated rings. The van der Waals surface area contributed by atoms with Crippen LogP contribution in [0.3, 0.4) is 0 Å². The quantitative estimate of drug-likeness (QED) is 0.588. The van der Waals surface area contributed by atoms with Crippen LogP contribution in [-0.4, -0.2) is 61.6 Å². The molecule has 2 rings (SSSR count). The number of carbonyl (C=O) groups excluding carboxylic acids is 1. The Morgan fingerprint density at radius 1 is 1.44 bits per heavy atom. The van der Waals surface area contributed by atoms with E-state index in [1.807, 2.05) is 0 Å². The maximum absolute atomic E-state index is 13.7. The van der Waals surface area contributed by atoms with Crippen LogP contribution in [0.25, 0.3) is 0 Å². The zero-order valence-electron chi connectivity index (χ0n) is 14.8. The van der Waals surface area contributed by atoms with Gasteiger partial charge < -0.3 is 20.3 Å². The van der Waals surface area contributed by atoms with E-state index in [1.54, 1.807) is 14.1 Å². The number of hydrogen-bond acceptors (Lipinski definition) is 4. The number of pyridine rings is 1. The molecule has 138 valence electrons. The largest absolute Gasteiger partial charge is 0.376 e. The van der Waals surface area contributed by atoms with Gasteiger partial charge in [0.1, 0.15) is 5.82 Å². The highest BCUT2D eigenvalue weighted by Gasteiger charge is 2.15. The van der Waals surface area contributed by atoms with Crippen LogP contribution in [0.2, 0.25) is 0 Å². The second-order valence-electron chi connectivity index (χ2n) is 6.11. The van der Waals surface area contributed by atoms with Crippen LogP contribution in [0.5, 0.6) is 0 Å². The normalized spacial score (nSPS) is 17.9. The van der Waals surface area contributed by atoms with Crippen LogP contribution in [0.15, 0.2) is 23.3 Å². The Balaban J connectivity index is 1.95. The molecule has 25 heavy (non-hydrogen) atoms. The van der Waals surface area contributed by atoms with Crippen molar-refractivity contribution in [2.24, 2.45) is 4.99 Å². The van der Waals surface area contributed by atoms with Gasteiger partial charge >= 0.3 is 0 Å². The number of guanidine groups is 1. The predicted octanol–water partition coefficient (Wildman–Crippen LogP) is 0.913. The molecule has 8 heteroatoms. The molecule has 2 N–H and O–H groups in total. The Morgan fingerprint density at radius 3 is 2.96 bits per heavy atom. The molecule has 1 aliphatic rings. The highest BCUT2D eigenvalue weighted by molar-refractivity contribution is 5.86. The molecule has 1 unspecified atom stereocenters.